The van der Waals surface area contributed by atoms with E-state index in [-0.39, 0.29) is 23.8 Å². The minimum atomic E-state index is -1.18. The second kappa shape index (κ2) is 10.7. The van der Waals surface area contributed by atoms with Gasteiger partial charge in [-0.3, -0.25) is 0 Å². The quantitative estimate of drug-likeness (QED) is 0.615. The van der Waals surface area contributed by atoms with Crippen LogP contribution in [0.2, 0.25) is 0 Å². The molecule has 3 N–H and O–H groups in total. The molecule has 2 aliphatic rings. The monoisotopic (exact) mass is 435 g/mol. The average molecular weight is 436 g/mol. The molecule has 3 rings (SSSR count). The molecule has 0 aromatic heterocycles. The first-order valence-electron chi connectivity index (χ1n) is 11.7. The Morgan fingerprint density at radius 1 is 1.26 bits per heavy atom. The van der Waals surface area contributed by atoms with Gasteiger partial charge >= 0.3 is 6.03 Å². The summed E-state index contributed by atoms with van der Waals surface area (Å²) >= 11 is 0. The van der Waals surface area contributed by atoms with Crippen LogP contribution in [0.3, 0.4) is 0 Å². The maximum Gasteiger partial charge on any atom is 0.320 e. The van der Waals surface area contributed by atoms with Crippen LogP contribution in [-0.4, -0.2) is 66.9 Å². The third kappa shape index (κ3) is 5.38. The van der Waals surface area contributed by atoms with Crippen LogP contribution in [0.5, 0.6) is 0 Å². The van der Waals surface area contributed by atoms with Crippen molar-refractivity contribution in [3.05, 3.63) is 35.1 Å². The fraction of sp³-hybridized carbons (Fsp3) is 0.708. The number of nitrogens with zero attached hydrogens (tertiary/aromatic N) is 2. The molecular formula is C24H38FN3O3. The number of nitrogens with two attached hydrogens (primary N) is 1. The summed E-state index contributed by atoms with van der Waals surface area (Å²) in [7, 11) is 1.67. The van der Waals surface area contributed by atoms with Crippen molar-refractivity contribution in [2.75, 3.05) is 39.9 Å². The van der Waals surface area contributed by atoms with Crippen molar-refractivity contribution in [3.8, 4) is 0 Å². The fourth-order valence-electron chi connectivity index (χ4n) is 5.22. The highest BCUT2D eigenvalue weighted by atomic mass is 19.1. The Balaban J connectivity index is 1.84. The Kier molecular flexibility index (Phi) is 8.30. The van der Waals surface area contributed by atoms with E-state index in [1.54, 1.807) is 13.2 Å². The predicted molar refractivity (Wildman–Crippen MR) is 119 cm³/mol. The Labute approximate surface area is 185 Å². The van der Waals surface area contributed by atoms with Crippen molar-refractivity contribution in [3.63, 3.8) is 0 Å². The molecule has 3 atom stereocenters. The van der Waals surface area contributed by atoms with Gasteiger partial charge in [-0.25, -0.2) is 9.18 Å². The molecule has 1 aromatic carbocycles. The molecule has 2 heterocycles. The number of benzene rings is 1. The molecule has 2 amide bonds. The molecule has 6 nitrogen and oxygen atoms in total. The van der Waals surface area contributed by atoms with Crippen molar-refractivity contribution < 1.29 is 19.0 Å². The largest absolute Gasteiger partial charge is 0.385 e. The van der Waals surface area contributed by atoms with Gasteiger partial charge in [0.2, 0.25) is 0 Å². The predicted octanol–water partition coefficient (Wildman–Crippen LogP) is 3.26. The highest BCUT2D eigenvalue weighted by Crippen LogP contribution is 2.42. The van der Waals surface area contributed by atoms with E-state index in [1.807, 2.05) is 22.8 Å². The lowest BCUT2D eigenvalue weighted by Crippen LogP contribution is -2.52. The number of hydrogen-bond acceptors (Lipinski definition) is 4. The summed E-state index contributed by atoms with van der Waals surface area (Å²) in [4.78, 5) is 16.8. The SMILES string of the molecule is CCc1c(F)cccc1[C@](O)(CCCCOC)C1CCCN(C(=O)N2CCC(N)C2)C1. The molecule has 0 aliphatic carbocycles. The summed E-state index contributed by atoms with van der Waals surface area (Å²) in [6.07, 6.45) is 5.11. The second-order valence-electron chi connectivity index (χ2n) is 9.06. The number of rotatable bonds is 8. The van der Waals surface area contributed by atoms with E-state index in [0.29, 0.717) is 56.8 Å². The molecule has 0 bridgehead atoms. The second-order valence-corrected chi connectivity index (χ2v) is 9.06. The third-order valence-electron chi connectivity index (χ3n) is 6.96. The maximum absolute atomic E-state index is 14.6. The van der Waals surface area contributed by atoms with Crippen LogP contribution in [0.25, 0.3) is 0 Å². The third-order valence-corrected chi connectivity index (χ3v) is 6.96. The van der Waals surface area contributed by atoms with Crippen molar-refractivity contribution in [1.82, 2.24) is 9.80 Å². The highest BCUT2D eigenvalue weighted by Gasteiger charge is 2.43. The fourth-order valence-corrected chi connectivity index (χ4v) is 5.22. The molecule has 1 aromatic rings. The van der Waals surface area contributed by atoms with E-state index in [9.17, 15) is 14.3 Å². The lowest BCUT2D eigenvalue weighted by molar-refractivity contribution is -0.0583. The standard InChI is InChI=1S/C24H38FN3O3/c1-3-20-21(9-6-10-22(20)25)24(30,12-4-5-15-31-2)18-8-7-13-27(16-18)23(29)28-14-11-19(26)17-28/h6,9-10,18-19,30H,3-5,7-8,11-17,26H2,1-2H3/t18?,19?,24-/m0/s1. The smallest absolute Gasteiger partial charge is 0.320 e. The van der Waals surface area contributed by atoms with E-state index in [0.717, 1.165) is 32.1 Å². The molecule has 2 aliphatic heterocycles. The molecule has 2 unspecified atom stereocenters. The van der Waals surface area contributed by atoms with Crippen LogP contribution in [-0.2, 0) is 16.8 Å². The zero-order valence-electron chi connectivity index (χ0n) is 19.0. The van der Waals surface area contributed by atoms with Gasteiger partial charge in [-0.1, -0.05) is 19.1 Å². The van der Waals surface area contributed by atoms with Gasteiger partial charge < -0.3 is 25.4 Å². The van der Waals surface area contributed by atoms with Crippen LogP contribution in [0.4, 0.5) is 9.18 Å². The highest BCUT2D eigenvalue weighted by molar-refractivity contribution is 5.75. The lowest BCUT2D eigenvalue weighted by Gasteiger charge is -2.44. The van der Waals surface area contributed by atoms with Crippen LogP contribution >= 0.6 is 0 Å². The Morgan fingerprint density at radius 3 is 2.71 bits per heavy atom. The molecule has 174 valence electrons. The lowest BCUT2D eigenvalue weighted by atomic mass is 9.72. The summed E-state index contributed by atoms with van der Waals surface area (Å²) in [5, 5.41) is 12.1. The van der Waals surface area contributed by atoms with E-state index in [2.05, 4.69) is 0 Å². The van der Waals surface area contributed by atoms with Gasteiger partial charge in [0, 0.05) is 51.9 Å². The van der Waals surface area contributed by atoms with E-state index >= 15 is 0 Å². The van der Waals surface area contributed by atoms with Crippen LogP contribution in [0.15, 0.2) is 18.2 Å². The van der Waals surface area contributed by atoms with Gasteiger partial charge in [0.25, 0.3) is 0 Å². The van der Waals surface area contributed by atoms with E-state index in [1.165, 1.54) is 6.07 Å². The summed E-state index contributed by atoms with van der Waals surface area (Å²) in [6, 6.07) is 5.05. The number of aliphatic hydroxyl groups is 1. The number of piperidine rings is 1. The molecule has 2 saturated heterocycles. The molecule has 0 saturated carbocycles. The molecule has 2 fully saturated rings. The molecular weight excluding hydrogens is 397 g/mol. The Morgan fingerprint density at radius 2 is 2.03 bits per heavy atom. The van der Waals surface area contributed by atoms with Crippen molar-refractivity contribution in [2.45, 2.75) is 63.5 Å². The Bertz CT molecular complexity index is 747. The number of hydrogen-bond donors (Lipinski definition) is 2. The number of methoxy groups -OCH3 is 1. The average Bonchev–Trinajstić information content (AvgIpc) is 3.22. The zero-order chi connectivity index (χ0) is 22.4. The van der Waals surface area contributed by atoms with Gasteiger partial charge in [-0.15, -0.1) is 0 Å². The molecule has 0 radical (unpaired) electrons. The minimum Gasteiger partial charge on any atom is -0.385 e. The molecule has 31 heavy (non-hydrogen) atoms. The van der Waals surface area contributed by atoms with Crippen molar-refractivity contribution in [1.29, 1.82) is 0 Å². The summed E-state index contributed by atoms with van der Waals surface area (Å²) in [5.74, 6) is -0.416. The van der Waals surface area contributed by atoms with Crippen LogP contribution in [0, 0.1) is 11.7 Å². The van der Waals surface area contributed by atoms with Gasteiger partial charge in [-0.05, 0) is 62.1 Å². The molecule has 7 heteroatoms. The van der Waals surface area contributed by atoms with Crippen LogP contribution < -0.4 is 5.73 Å². The Hall–Kier alpha value is -1.70. The first-order valence-corrected chi connectivity index (χ1v) is 11.7. The minimum absolute atomic E-state index is 0.00865. The molecule has 0 spiro atoms. The maximum atomic E-state index is 14.6. The number of likely N-dealkylation sites (tertiary alicyclic amines) is 2. The van der Waals surface area contributed by atoms with Gasteiger partial charge in [0.15, 0.2) is 0 Å². The zero-order valence-corrected chi connectivity index (χ0v) is 19.0. The van der Waals surface area contributed by atoms with Crippen molar-refractivity contribution in [2.24, 2.45) is 11.7 Å². The first kappa shape index (κ1) is 24.0. The number of carbonyl (C=O) groups excluding carboxylic acids is 1. The van der Waals surface area contributed by atoms with Crippen molar-refractivity contribution >= 4 is 6.03 Å². The number of urea groups is 1. The first-order chi connectivity index (χ1) is 14.9. The van der Waals surface area contributed by atoms with Crippen LogP contribution in [0.1, 0.15) is 56.6 Å². The van der Waals surface area contributed by atoms with Gasteiger partial charge in [-0.2, -0.15) is 0 Å². The summed E-state index contributed by atoms with van der Waals surface area (Å²) in [5.41, 5.74) is 6.06. The van der Waals surface area contributed by atoms with Gasteiger partial charge in [0.1, 0.15) is 5.82 Å². The topological polar surface area (TPSA) is 79.0 Å². The number of amides is 2. The van der Waals surface area contributed by atoms with E-state index < -0.39 is 5.60 Å². The van der Waals surface area contributed by atoms with E-state index in [4.69, 9.17) is 10.5 Å². The number of carbonyl (C=O) groups is 1. The number of halogens is 1. The number of unbranched alkanes of at least 4 members (excludes halogenated alkanes) is 1. The normalized spacial score (nSPS) is 23.8. The summed E-state index contributed by atoms with van der Waals surface area (Å²) < 4.78 is 19.8. The van der Waals surface area contributed by atoms with Gasteiger partial charge in [0.05, 0.1) is 5.60 Å². The number of ether oxygens (including phenoxy) is 1. The summed E-state index contributed by atoms with van der Waals surface area (Å²) in [6.45, 7) is 4.98.